The second-order valence-electron chi connectivity index (χ2n) is 3.54. The Morgan fingerprint density at radius 2 is 1.73 bits per heavy atom. The molecule has 0 aromatic carbocycles. The lowest BCUT2D eigenvalue weighted by molar-refractivity contribution is -0.134. The topological polar surface area (TPSA) is 57.1 Å². The van der Waals surface area contributed by atoms with Crippen LogP contribution in [0.1, 0.15) is 12.8 Å². The van der Waals surface area contributed by atoms with Crippen LogP contribution in [0.4, 0.5) is 0 Å². The molecule has 0 radical (unpaired) electrons. The van der Waals surface area contributed by atoms with Gasteiger partial charge in [0.2, 0.25) is 6.08 Å². The third kappa shape index (κ3) is 2.63. The van der Waals surface area contributed by atoms with Crippen molar-refractivity contribution in [3.63, 3.8) is 0 Å². The third-order valence-corrected chi connectivity index (χ3v) is 2.88. The number of hydrogen-bond acceptors (Lipinski definition) is 5. The Labute approximate surface area is 89.4 Å². The van der Waals surface area contributed by atoms with Gasteiger partial charge in [-0.15, -0.1) is 0 Å². The number of rotatable bonds is 4. The largest absolute Gasteiger partial charge is 0.379 e. The van der Waals surface area contributed by atoms with Gasteiger partial charge in [-0.3, -0.25) is 0 Å². The summed E-state index contributed by atoms with van der Waals surface area (Å²) in [5.41, 5.74) is 0. The number of hydrogen-bond donors (Lipinski definition) is 0. The van der Waals surface area contributed by atoms with E-state index < -0.39 is 0 Å². The fourth-order valence-corrected chi connectivity index (χ4v) is 2.13. The summed E-state index contributed by atoms with van der Waals surface area (Å²) in [5, 5.41) is 0. The Morgan fingerprint density at radius 3 is 2.20 bits per heavy atom. The minimum atomic E-state index is -0.241. The molecule has 5 heteroatoms. The van der Waals surface area contributed by atoms with E-state index >= 15 is 0 Å². The standard InChI is InChI=1S/C10H17NO4/c1-13-8-5-4-7(11-6-12)9(14-2)10(8)15-3/h7-10H,4-5H2,1-3H3. The smallest absolute Gasteiger partial charge is 0.235 e. The molecule has 1 aliphatic carbocycles. The van der Waals surface area contributed by atoms with E-state index in [1.165, 1.54) is 0 Å². The van der Waals surface area contributed by atoms with Gasteiger partial charge in [0.15, 0.2) is 0 Å². The molecule has 1 fully saturated rings. The lowest BCUT2D eigenvalue weighted by Crippen LogP contribution is -2.51. The first-order chi connectivity index (χ1) is 7.28. The van der Waals surface area contributed by atoms with E-state index in [-0.39, 0.29) is 24.4 Å². The SMILES string of the molecule is COC1CCC(N=C=O)C(OC)C1OC. The van der Waals surface area contributed by atoms with Crippen molar-refractivity contribution in [2.45, 2.75) is 37.2 Å². The van der Waals surface area contributed by atoms with Crippen molar-refractivity contribution in [3.8, 4) is 0 Å². The molecule has 4 atom stereocenters. The zero-order valence-corrected chi connectivity index (χ0v) is 9.30. The summed E-state index contributed by atoms with van der Waals surface area (Å²) in [6.07, 6.45) is 2.72. The van der Waals surface area contributed by atoms with Gasteiger partial charge in [-0.1, -0.05) is 0 Å². The van der Waals surface area contributed by atoms with Crippen LogP contribution >= 0.6 is 0 Å². The van der Waals surface area contributed by atoms with E-state index in [2.05, 4.69) is 4.99 Å². The Bertz CT molecular complexity index is 240. The first kappa shape index (κ1) is 12.3. The molecule has 4 unspecified atom stereocenters. The maximum absolute atomic E-state index is 10.3. The number of ether oxygens (including phenoxy) is 3. The predicted molar refractivity (Wildman–Crippen MR) is 53.5 cm³/mol. The summed E-state index contributed by atoms with van der Waals surface area (Å²) in [6.45, 7) is 0. The average Bonchev–Trinajstić information content (AvgIpc) is 2.28. The van der Waals surface area contributed by atoms with E-state index in [9.17, 15) is 4.79 Å². The van der Waals surface area contributed by atoms with Crippen molar-refractivity contribution in [2.24, 2.45) is 4.99 Å². The number of isocyanates is 1. The van der Waals surface area contributed by atoms with Crippen molar-refractivity contribution in [1.29, 1.82) is 0 Å². The van der Waals surface area contributed by atoms with E-state index in [0.717, 1.165) is 12.8 Å². The fraction of sp³-hybridized carbons (Fsp3) is 0.900. The molecular weight excluding hydrogens is 198 g/mol. The lowest BCUT2D eigenvalue weighted by Gasteiger charge is -2.38. The second-order valence-corrected chi connectivity index (χ2v) is 3.54. The summed E-state index contributed by atoms with van der Waals surface area (Å²) in [7, 11) is 4.84. The summed E-state index contributed by atoms with van der Waals surface area (Å²) in [5.74, 6) is 0. The molecule has 0 N–H and O–H groups in total. The minimum Gasteiger partial charge on any atom is -0.379 e. The van der Waals surface area contributed by atoms with Crippen molar-refractivity contribution in [2.75, 3.05) is 21.3 Å². The van der Waals surface area contributed by atoms with Crippen LogP contribution in [-0.4, -0.2) is 51.8 Å². The monoisotopic (exact) mass is 215 g/mol. The van der Waals surface area contributed by atoms with Crippen LogP contribution < -0.4 is 0 Å². The van der Waals surface area contributed by atoms with Crippen LogP contribution in [-0.2, 0) is 19.0 Å². The molecule has 0 saturated heterocycles. The summed E-state index contributed by atoms with van der Waals surface area (Å²) >= 11 is 0. The molecule has 0 amide bonds. The molecule has 86 valence electrons. The van der Waals surface area contributed by atoms with Crippen LogP contribution in [0.2, 0.25) is 0 Å². The van der Waals surface area contributed by atoms with Gasteiger partial charge in [-0.05, 0) is 12.8 Å². The average molecular weight is 215 g/mol. The Hall–Kier alpha value is -0.740. The lowest BCUT2D eigenvalue weighted by atomic mass is 9.87. The van der Waals surface area contributed by atoms with E-state index in [4.69, 9.17) is 14.2 Å². The molecule has 5 nitrogen and oxygen atoms in total. The van der Waals surface area contributed by atoms with Gasteiger partial charge in [0, 0.05) is 21.3 Å². The molecule has 0 spiro atoms. The highest BCUT2D eigenvalue weighted by atomic mass is 16.6. The van der Waals surface area contributed by atoms with E-state index in [1.54, 1.807) is 27.4 Å². The van der Waals surface area contributed by atoms with Crippen molar-refractivity contribution >= 4 is 6.08 Å². The molecule has 0 aromatic heterocycles. The highest BCUT2D eigenvalue weighted by molar-refractivity contribution is 5.34. The van der Waals surface area contributed by atoms with Crippen LogP contribution in [0, 0.1) is 0 Å². The number of carbonyl (C=O) groups excluding carboxylic acids is 1. The van der Waals surface area contributed by atoms with Gasteiger partial charge in [0.05, 0.1) is 12.1 Å². The molecule has 1 rings (SSSR count). The highest BCUT2D eigenvalue weighted by Crippen LogP contribution is 2.27. The van der Waals surface area contributed by atoms with Gasteiger partial charge in [0.1, 0.15) is 12.2 Å². The zero-order chi connectivity index (χ0) is 11.3. The molecule has 0 bridgehead atoms. The quantitative estimate of drug-likeness (QED) is 0.507. The number of nitrogens with zero attached hydrogens (tertiary/aromatic N) is 1. The van der Waals surface area contributed by atoms with Crippen molar-refractivity contribution in [1.82, 2.24) is 0 Å². The third-order valence-electron chi connectivity index (χ3n) is 2.88. The molecular formula is C10H17NO4. The van der Waals surface area contributed by atoms with Crippen molar-refractivity contribution < 1.29 is 19.0 Å². The molecule has 1 aliphatic rings. The zero-order valence-electron chi connectivity index (χ0n) is 9.30. The maximum Gasteiger partial charge on any atom is 0.235 e. The fourth-order valence-electron chi connectivity index (χ4n) is 2.13. The Balaban J connectivity index is 2.78. The molecule has 0 heterocycles. The van der Waals surface area contributed by atoms with Crippen LogP contribution in [0.5, 0.6) is 0 Å². The minimum absolute atomic E-state index is 0.00180. The van der Waals surface area contributed by atoms with Gasteiger partial charge in [-0.2, -0.15) is 4.99 Å². The molecule has 15 heavy (non-hydrogen) atoms. The molecule has 0 aromatic rings. The van der Waals surface area contributed by atoms with Crippen LogP contribution in [0.15, 0.2) is 4.99 Å². The van der Waals surface area contributed by atoms with E-state index in [0.29, 0.717) is 0 Å². The van der Waals surface area contributed by atoms with Crippen LogP contribution in [0.25, 0.3) is 0 Å². The number of aliphatic imine (C=N–C) groups is 1. The maximum atomic E-state index is 10.3. The summed E-state index contributed by atoms with van der Waals surface area (Å²) < 4.78 is 16.0. The van der Waals surface area contributed by atoms with Gasteiger partial charge in [0.25, 0.3) is 0 Å². The number of methoxy groups -OCH3 is 3. The van der Waals surface area contributed by atoms with E-state index in [1.807, 2.05) is 0 Å². The normalized spacial score (nSPS) is 35.9. The molecule has 0 aliphatic heterocycles. The first-order valence-corrected chi connectivity index (χ1v) is 4.93. The Morgan fingerprint density at radius 1 is 1.07 bits per heavy atom. The van der Waals surface area contributed by atoms with Gasteiger partial charge < -0.3 is 14.2 Å². The van der Waals surface area contributed by atoms with Gasteiger partial charge >= 0.3 is 0 Å². The van der Waals surface area contributed by atoms with Gasteiger partial charge in [-0.25, -0.2) is 4.79 Å². The van der Waals surface area contributed by atoms with Crippen LogP contribution in [0.3, 0.4) is 0 Å². The van der Waals surface area contributed by atoms with Crippen molar-refractivity contribution in [3.05, 3.63) is 0 Å². The Kier molecular flexibility index (Phi) is 4.91. The predicted octanol–water partition coefficient (Wildman–Crippen LogP) is 0.530. The summed E-state index contributed by atoms with van der Waals surface area (Å²) in [6, 6.07) is -0.177. The first-order valence-electron chi connectivity index (χ1n) is 4.93. The molecule has 1 saturated carbocycles. The highest BCUT2D eigenvalue weighted by Gasteiger charge is 2.40. The second kappa shape index (κ2) is 5.98. The summed E-state index contributed by atoms with van der Waals surface area (Å²) in [4.78, 5) is 14.0.